The summed E-state index contributed by atoms with van der Waals surface area (Å²) in [5.41, 5.74) is 1.05. The highest BCUT2D eigenvalue weighted by Gasteiger charge is 2.42. The Morgan fingerprint density at radius 3 is 2.39 bits per heavy atom. The summed E-state index contributed by atoms with van der Waals surface area (Å²) in [6, 6.07) is 7.32. The smallest absolute Gasteiger partial charge is 0.318 e. The molecule has 0 spiro atoms. The number of urea groups is 1. The Balaban J connectivity index is 1.67. The Bertz CT molecular complexity index is 871. The van der Waals surface area contributed by atoms with Crippen LogP contribution in [0.5, 0.6) is 11.5 Å². The highest BCUT2D eigenvalue weighted by atomic mass is 16.5. The monoisotopic (exact) mass is 459 g/mol. The Kier molecular flexibility index (Phi) is 8.73. The van der Waals surface area contributed by atoms with Crippen LogP contribution in [0.4, 0.5) is 4.79 Å². The first kappa shape index (κ1) is 24.6. The van der Waals surface area contributed by atoms with Crippen molar-refractivity contribution in [3.63, 3.8) is 0 Å². The summed E-state index contributed by atoms with van der Waals surface area (Å²) in [7, 11) is 4.84. The average Bonchev–Trinajstić information content (AvgIpc) is 3.37. The molecule has 0 saturated carbocycles. The van der Waals surface area contributed by atoms with E-state index < -0.39 is 5.54 Å². The molecule has 0 unspecified atom stereocenters. The van der Waals surface area contributed by atoms with Crippen molar-refractivity contribution < 1.29 is 28.2 Å². The molecule has 9 nitrogen and oxygen atoms in total. The van der Waals surface area contributed by atoms with E-state index in [9.17, 15) is 9.59 Å². The van der Waals surface area contributed by atoms with Gasteiger partial charge >= 0.3 is 6.03 Å². The number of carbonyl (C=O) groups excluding carboxylic acids is 2. The number of benzene rings is 1. The largest absolute Gasteiger partial charge is 0.497 e. The molecule has 1 aromatic carbocycles. The van der Waals surface area contributed by atoms with Crippen molar-refractivity contribution in [2.75, 3.05) is 47.6 Å². The Hall–Kier alpha value is -3.04. The highest BCUT2D eigenvalue weighted by molar-refractivity contribution is 5.80. The number of hydrogen-bond donors (Lipinski definition) is 1. The summed E-state index contributed by atoms with van der Waals surface area (Å²) in [5, 5.41) is 2.90. The number of nitrogens with one attached hydrogen (secondary N) is 1. The lowest BCUT2D eigenvalue weighted by molar-refractivity contribution is -0.120. The normalized spacial score (nSPS) is 15.6. The molecule has 2 aromatic rings. The van der Waals surface area contributed by atoms with Gasteiger partial charge in [0.15, 0.2) is 0 Å². The molecule has 1 saturated heterocycles. The molecule has 2 amide bonds. The number of furan rings is 1. The molecular weight excluding hydrogens is 426 g/mol. The van der Waals surface area contributed by atoms with Crippen molar-refractivity contribution in [1.82, 2.24) is 15.1 Å². The molecule has 0 aliphatic carbocycles. The number of rotatable bonds is 11. The van der Waals surface area contributed by atoms with Crippen molar-refractivity contribution in [2.45, 2.75) is 31.5 Å². The third-order valence-electron chi connectivity index (χ3n) is 6.08. The van der Waals surface area contributed by atoms with Gasteiger partial charge in [0.1, 0.15) is 23.3 Å². The molecule has 180 valence electrons. The predicted octanol–water partition coefficient (Wildman–Crippen LogP) is 2.69. The number of ether oxygens (including phenoxy) is 3. The second-order valence-electron chi connectivity index (χ2n) is 8.15. The fraction of sp³-hybridized carbons (Fsp3) is 0.500. The number of piperidine rings is 1. The maximum Gasteiger partial charge on any atom is 0.318 e. The number of hydrogen-bond acceptors (Lipinski definition) is 7. The molecule has 0 radical (unpaired) electrons. The maximum absolute atomic E-state index is 13.0. The number of amides is 2. The van der Waals surface area contributed by atoms with Crippen LogP contribution >= 0.6 is 0 Å². The van der Waals surface area contributed by atoms with Crippen LogP contribution in [0.2, 0.25) is 0 Å². The van der Waals surface area contributed by atoms with E-state index in [1.165, 1.54) is 0 Å². The van der Waals surface area contributed by atoms with E-state index in [4.69, 9.17) is 18.6 Å². The minimum Gasteiger partial charge on any atom is -0.497 e. The second-order valence-corrected chi connectivity index (χ2v) is 8.15. The van der Waals surface area contributed by atoms with Crippen molar-refractivity contribution >= 4 is 12.3 Å². The fourth-order valence-electron chi connectivity index (χ4n) is 4.14. The van der Waals surface area contributed by atoms with Gasteiger partial charge in [0, 0.05) is 51.5 Å². The molecule has 1 aliphatic rings. The van der Waals surface area contributed by atoms with Gasteiger partial charge in [-0.1, -0.05) is 0 Å². The van der Waals surface area contributed by atoms with Crippen LogP contribution in [-0.4, -0.2) is 75.2 Å². The van der Waals surface area contributed by atoms with Crippen molar-refractivity contribution in [3.8, 4) is 11.5 Å². The molecule has 33 heavy (non-hydrogen) atoms. The van der Waals surface area contributed by atoms with E-state index in [0.29, 0.717) is 52.2 Å². The molecule has 2 heterocycles. The lowest BCUT2D eigenvalue weighted by Gasteiger charge is -2.45. The van der Waals surface area contributed by atoms with Gasteiger partial charge in [0.25, 0.3) is 0 Å². The molecule has 1 aliphatic heterocycles. The quantitative estimate of drug-likeness (QED) is 0.517. The molecule has 3 rings (SSSR count). The first-order valence-electron chi connectivity index (χ1n) is 11.0. The minimum absolute atomic E-state index is 0.286. The molecule has 0 atom stereocenters. The first-order chi connectivity index (χ1) is 16.0. The molecule has 1 N–H and O–H groups in total. The lowest BCUT2D eigenvalue weighted by Crippen LogP contribution is -2.61. The number of likely N-dealkylation sites (tertiary alicyclic amines) is 1. The van der Waals surface area contributed by atoms with E-state index in [-0.39, 0.29) is 6.03 Å². The highest BCUT2D eigenvalue weighted by Crippen LogP contribution is 2.30. The summed E-state index contributed by atoms with van der Waals surface area (Å²) >= 11 is 0. The fourth-order valence-corrected chi connectivity index (χ4v) is 4.14. The zero-order valence-corrected chi connectivity index (χ0v) is 19.5. The molecule has 1 aromatic heterocycles. The summed E-state index contributed by atoms with van der Waals surface area (Å²) in [6.45, 7) is 3.07. The number of methoxy groups -OCH3 is 3. The van der Waals surface area contributed by atoms with Crippen LogP contribution < -0.4 is 14.8 Å². The maximum atomic E-state index is 13.0. The van der Waals surface area contributed by atoms with Gasteiger partial charge in [-0.2, -0.15) is 0 Å². The Morgan fingerprint density at radius 2 is 1.85 bits per heavy atom. The van der Waals surface area contributed by atoms with E-state index in [1.807, 2.05) is 18.2 Å². The summed E-state index contributed by atoms with van der Waals surface area (Å²) in [5.74, 6) is 1.48. The summed E-state index contributed by atoms with van der Waals surface area (Å²) in [6.07, 6.45) is 5.15. The van der Waals surface area contributed by atoms with Gasteiger partial charge in [-0.15, -0.1) is 0 Å². The van der Waals surface area contributed by atoms with Crippen LogP contribution in [0, 0.1) is 0 Å². The number of aldehydes is 1. The third-order valence-corrected chi connectivity index (χ3v) is 6.08. The van der Waals surface area contributed by atoms with E-state index in [2.05, 4.69) is 10.2 Å². The van der Waals surface area contributed by atoms with Gasteiger partial charge in [-0.3, -0.25) is 4.90 Å². The van der Waals surface area contributed by atoms with E-state index >= 15 is 0 Å². The number of nitrogens with zero attached hydrogens (tertiary/aromatic N) is 2. The van der Waals surface area contributed by atoms with Gasteiger partial charge in [-0.25, -0.2) is 4.79 Å². The average molecular weight is 460 g/mol. The number of carbonyl (C=O) groups is 2. The molecular formula is C24H33N3O6. The van der Waals surface area contributed by atoms with Crippen LogP contribution in [-0.2, 0) is 22.6 Å². The van der Waals surface area contributed by atoms with Gasteiger partial charge in [-0.05, 0) is 36.6 Å². The van der Waals surface area contributed by atoms with Crippen molar-refractivity contribution in [3.05, 3.63) is 47.9 Å². The zero-order valence-electron chi connectivity index (χ0n) is 19.5. The molecule has 0 bridgehead atoms. The Labute approximate surface area is 194 Å². The summed E-state index contributed by atoms with van der Waals surface area (Å²) < 4.78 is 21.0. The Morgan fingerprint density at radius 1 is 1.15 bits per heavy atom. The minimum atomic E-state index is -0.873. The van der Waals surface area contributed by atoms with Gasteiger partial charge < -0.3 is 33.6 Å². The summed E-state index contributed by atoms with van der Waals surface area (Å²) in [4.78, 5) is 29.3. The van der Waals surface area contributed by atoms with E-state index in [1.54, 1.807) is 44.8 Å². The van der Waals surface area contributed by atoms with Crippen molar-refractivity contribution in [2.24, 2.45) is 0 Å². The van der Waals surface area contributed by atoms with Crippen LogP contribution in [0.1, 0.15) is 24.0 Å². The topological polar surface area (TPSA) is 93.5 Å². The van der Waals surface area contributed by atoms with Crippen LogP contribution in [0.25, 0.3) is 0 Å². The lowest BCUT2D eigenvalue weighted by atomic mass is 9.87. The molecule has 9 heteroatoms. The van der Waals surface area contributed by atoms with Gasteiger partial charge in [0.2, 0.25) is 0 Å². The second kappa shape index (κ2) is 11.7. The van der Waals surface area contributed by atoms with Crippen LogP contribution in [0.15, 0.2) is 41.2 Å². The van der Waals surface area contributed by atoms with Crippen LogP contribution in [0.3, 0.4) is 0 Å². The van der Waals surface area contributed by atoms with Crippen molar-refractivity contribution in [1.29, 1.82) is 0 Å². The first-order valence-corrected chi connectivity index (χ1v) is 11.0. The standard InChI is InChI=1S/C24H33N3O6/c1-30-11-9-27(23(29)25-15-19-4-10-33-17-19)24(18-28)5-7-26(8-6-24)16-20-12-21(31-2)14-22(13-20)32-3/h4,10,12-14,17-18H,5-9,11,15-16H2,1-3H3,(H,25,29). The predicted molar refractivity (Wildman–Crippen MR) is 122 cm³/mol. The van der Waals surface area contributed by atoms with E-state index in [0.717, 1.165) is 28.9 Å². The SMILES string of the molecule is COCCN(C(=O)NCc1ccoc1)C1(C=O)CCN(Cc2cc(OC)cc(OC)c2)CC1. The van der Waals surface area contributed by atoms with Gasteiger partial charge in [0.05, 0.1) is 33.4 Å². The zero-order chi connectivity index (χ0) is 23.7. The third kappa shape index (κ3) is 6.27. The molecule has 1 fully saturated rings.